The molecule has 0 unspecified atom stereocenters. The van der Waals surface area contributed by atoms with E-state index in [1.165, 1.54) is 24.3 Å². The molecule has 0 spiro atoms. The SMILES string of the molecule is CC(=O)N(c1ccccc1)c1nc(C=CC(=O)N2CCN(CC(=O)NC3CC3)CC2)cs1. The maximum atomic E-state index is 12.6. The van der Waals surface area contributed by atoms with Gasteiger partial charge in [-0.1, -0.05) is 18.2 Å². The first-order chi connectivity index (χ1) is 15.5. The lowest BCUT2D eigenvalue weighted by atomic mass is 10.3. The number of hydrogen-bond donors (Lipinski definition) is 1. The summed E-state index contributed by atoms with van der Waals surface area (Å²) in [7, 11) is 0. The summed E-state index contributed by atoms with van der Waals surface area (Å²) in [4.78, 5) is 46.6. The van der Waals surface area contributed by atoms with Crippen LogP contribution in [-0.4, -0.2) is 71.3 Å². The maximum Gasteiger partial charge on any atom is 0.246 e. The molecule has 168 valence electrons. The van der Waals surface area contributed by atoms with Gasteiger partial charge in [-0.15, -0.1) is 11.3 Å². The number of aromatic nitrogens is 1. The molecule has 0 bridgehead atoms. The van der Waals surface area contributed by atoms with Gasteiger partial charge in [-0.25, -0.2) is 4.98 Å². The van der Waals surface area contributed by atoms with Crippen LogP contribution in [0.4, 0.5) is 10.8 Å². The summed E-state index contributed by atoms with van der Waals surface area (Å²) >= 11 is 1.36. The normalized spacial score (nSPS) is 16.8. The predicted octanol–water partition coefficient (Wildman–Crippen LogP) is 2.26. The summed E-state index contributed by atoms with van der Waals surface area (Å²) in [5.41, 5.74) is 1.39. The molecule has 0 radical (unpaired) electrons. The second-order valence-corrected chi connectivity index (χ2v) is 8.86. The van der Waals surface area contributed by atoms with E-state index in [1.54, 1.807) is 15.9 Å². The van der Waals surface area contributed by atoms with Crippen LogP contribution in [0.25, 0.3) is 6.08 Å². The Morgan fingerprint density at radius 3 is 2.53 bits per heavy atom. The van der Waals surface area contributed by atoms with Crippen LogP contribution in [0.5, 0.6) is 0 Å². The zero-order valence-corrected chi connectivity index (χ0v) is 18.9. The van der Waals surface area contributed by atoms with Gasteiger partial charge in [0.1, 0.15) is 0 Å². The van der Waals surface area contributed by atoms with E-state index in [-0.39, 0.29) is 17.7 Å². The summed E-state index contributed by atoms with van der Waals surface area (Å²) in [6.45, 7) is 4.45. The van der Waals surface area contributed by atoms with Crippen LogP contribution in [-0.2, 0) is 14.4 Å². The third kappa shape index (κ3) is 5.80. The van der Waals surface area contributed by atoms with Gasteiger partial charge in [0.15, 0.2) is 5.13 Å². The van der Waals surface area contributed by atoms with E-state index in [2.05, 4.69) is 15.2 Å². The number of nitrogens with one attached hydrogen (secondary N) is 1. The van der Waals surface area contributed by atoms with Crippen molar-refractivity contribution in [1.82, 2.24) is 20.1 Å². The highest BCUT2D eigenvalue weighted by molar-refractivity contribution is 7.14. The number of para-hydroxylation sites is 1. The average Bonchev–Trinajstić information content (AvgIpc) is 3.48. The van der Waals surface area contributed by atoms with Crippen molar-refractivity contribution in [2.75, 3.05) is 37.6 Å². The summed E-state index contributed by atoms with van der Waals surface area (Å²) in [6, 6.07) is 9.73. The molecule has 1 N–H and O–H groups in total. The topological polar surface area (TPSA) is 85.9 Å². The smallest absolute Gasteiger partial charge is 0.246 e. The average molecular weight is 454 g/mol. The molecule has 1 saturated carbocycles. The van der Waals surface area contributed by atoms with Gasteiger partial charge in [-0.05, 0) is 31.1 Å². The van der Waals surface area contributed by atoms with Crippen molar-refractivity contribution < 1.29 is 14.4 Å². The minimum absolute atomic E-state index is 0.0709. The molecule has 2 heterocycles. The molecule has 1 saturated heterocycles. The van der Waals surface area contributed by atoms with Gasteiger partial charge in [0.25, 0.3) is 0 Å². The molecule has 9 heteroatoms. The molecule has 2 aliphatic rings. The third-order valence-corrected chi connectivity index (χ3v) is 6.26. The Hall–Kier alpha value is -3.04. The molecule has 2 aromatic rings. The van der Waals surface area contributed by atoms with Crippen molar-refractivity contribution in [3.63, 3.8) is 0 Å². The minimum Gasteiger partial charge on any atom is -0.352 e. The Morgan fingerprint density at radius 1 is 1.16 bits per heavy atom. The predicted molar refractivity (Wildman–Crippen MR) is 125 cm³/mol. The fourth-order valence-corrected chi connectivity index (χ4v) is 4.41. The second-order valence-electron chi connectivity index (χ2n) is 8.02. The number of carbonyl (C=O) groups excluding carboxylic acids is 3. The van der Waals surface area contributed by atoms with Crippen LogP contribution in [0.1, 0.15) is 25.5 Å². The largest absolute Gasteiger partial charge is 0.352 e. The van der Waals surface area contributed by atoms with Gasteiger partial charge in [0.2, 0.25) is 17.7 Å². The summed E-state index contributed by atoms with van der Waals surface area (Å²) < 4.78 is 0. The lowest BCUT2D eigenvalue weighted by molar-refractivity contribution is -0.128. The molecular weight excluding hydrogens is 426 g/mol. The first-order valence-corrected chi connectivity index (χ1v) is 11.7. The van der Waals surface area contributed by atoms with Crippen molar-refractivity contribution in [3.8, 4) is 0 Å². The Labute approximate surface area is 191 Å². The molecule has 8 nitrogen and oxygen atoms in total. The van der Waals surface area contributed by atoms with Crippen molar-refractivity contribution >= 4 is 46.0 Å². The van der Waals surface area contributed by atoms with Crippen molar-refractivity contribution in [2.45, 2.75) is 25.8 Å². The Kier molecular flexibility index (Phi) is 6.96. The highest BCUT2D eigenvalue weighted by atomic mass is 32.1. The molecule has 32 heavy (non-hydrogen) atoms. The lowest BCUT2D eigenvalue weighted by Gasteiger charge is -2.33. The number of piperazine rings is 1. The van der Waals surface area contributed by atoms with Crippen LogP contribution in [0, 0.1) is 0 Å². The Balaban J connectivity index is 1.30. The van der Waals surface area contributed by atoms with E-state index < -0.39 is 0 Å². The van der Waals surface area contributed by atoms with Crippen LogP contribution in [0.3, 0.4) is 0 Å². The fourth-order valence-electron chi connectivity index (χ4n) is 3.55. The van der Waals surface area contributed by atoms with E-state index in [1.807, 2.05) is 35.7 Å². The van der Waals surface area contributed by atoms with Gasteiger partial charge in [-0.3, -0.25) is 24.2 Å². The third-order valence-electron chi connectivity index (χ3n) is 5.42. The molecule has 1 aromatic carbocycles. The van der Waals surface area contributed by atoms with Crippen molar-refractivity contribution in [1.29, 1.82) is 0 Å². The minimum atomic E-state index is -0.124. The number of hydrogen-bond acceptors (Lipinski definition) is 6. The van der Waals surface area contributed by atoms with Gasteiger partial charge in [0.05, 0.1) is 17.9 Å². The van der Waals surface area contributed by atoms with Crippen molar-refractivity contribution in [2.24, 2.45) is 0 Å². The molecule has 0 atom stereocenters. The van der Waals surface area contributed by atoms with Gasteiger partial charge in [-0.2, -0.15) is 0 Å². The summed E-state index contributed by atoms with van der Waals surface area (Å²) in [5, 5.41) is 5.39. The molecule has 1 aliphatic carbocycles. The quantitative estimate of drug-likeness (QED) is 0.650. The zero-order valence-electron chi connectivity index (χ0n) is 18.1. The second kappa shape index (κ2) is 10.1. The number of amides is 3. The van der Waals surface area contributed by atoms with Crippen LogP contribution in [0.2, 0.25) is 0 Å². The van der Waals surface area contributed by atoms with E-state index in [4.69, 9.17) is 0 Å². The molecule has 3 amide bonds. The van der Waals surface area contributed by atoms with E-state index in [0.717, 1.165) is 18.5 Å². The number of anilines is 2. The number of thiazole rings is 1. The van der Waals surface area contributed by atoms with E-state index in [9.17, 15) is 14.4 Å². The molecule has 1 aromatic heterocycles. The highest BCUT2D eigenvalue weighted by Gasteiger charge is 2.26. The summed E-state index contributed by atoms with van der Waals surface area (Å²) in [6.07, 6.45) is 5.37. The molecule has 1 aliphatic heterocycles. The Bertz CT molecular complexity index is 994. The number of benzene rings is 1. The standard InChI is InChI=1S/C23H27N5O3S/c1-17(29)28(20-5-3-2-4-6-20)23-25-19(16-32-23)9-10-22(31)27-13-11-26(12-14-27)15-21(30)24-18-7-8-18/h2-6,9-10,16,18H,7-8,11-15H2,1H3,(H,24,30). The monoisotopic (exact) mass is 453 g/mol. The lowest BCUT2D eigenvalue weighted by Crippen LogP contribution is -2.51. The number of carbonyl (C=O) groups is 3. The van der Waals surface area contributed by atoms with Crippen LogP contribution >= 0.6 is 11.3 Å². The maximum absolute atomic E-state index is 12.6. The zero-order chi connectivity index (χ0) is 22.5. The first kappa shape index (κ1) is 22.2. The van der Waals surface area contributed by atoms with E-state index in [0.29, 0.717) is 49.6 Å². The van der Waals surface area contributed by atoms with Crippen molar-refractivity contribution in [3.05, 3.63) is 47.5 Å². The van der Waals surface area contributed by atoms with Gasteiger partial charge < -0.3 is 10.2 Å². The summed E-state index contributed by atoms with van der Waals surface area (Å²) in [5.74, 6) is -0.129. The van der Waals surface area contributed by atoms with Crippen LogP contribution in [0.15, 0.2) is 41.8 Å². The first-order valence-electron chi connectivity index (χ1n) is 10.8. The molecular formula is C23H27N5O3S. The number of rotatable bonds is 7. The molecule has 4 rings (SSSR count). The molecule has 2 fully saturated rings. The van der Waals surface area contributed by atoms with Gasteiger partial charge >= 0.3 is 0 Å². The van der Waals surface area contributed by atoms with Crippen LogP contribution < -0.4 is 10.2 Å². The van der Waals surface area contributed by atoms with Gasteiger partial charge in [0, 0.05) is 50.6 Å². The Morgan fingerprint density at radius 2 is 1.88 bits per heavy atom. The number of nitrogens with zero attached hydrogens (tertiary/aromatic N) is 4. The highest BCUT2D eigenvalue weighted by Crippen LogP contribution is 2.29. The van der Waals surface area contributed by atoms with E-state index >= 15 is 0 Å². The fraction of sp³-hybridized carbons (Fsp3) is 0.391.